The Morgan fingerprint density at radius 3 is 3.07 bits per heavy atom. The minimum Gasteiger partial charge on any atom is -0.486 e. The highest BCUT2D eigenvalue weighted by molar-refractivity contribution is 5.20. The third-order valence-electron chi connectivity index (χ3n) is 2.35. The predicted octanol–water partition coefficient (Wildman–Crippen LogP) is 1.81. The molecule has 1 unspecified atom stereocenters. The van der Waals surface area contributed by atoms with Gasteiger partial charge in [-0.3, -0.25) is 4.98 Å². The van der Waals surface area contributed by atoms with Crippen LogP contribution in [0.4, 0.5) is 0 Å². The maximum atomic E-state index is 5.69. The number of ether oxygens (including phenoxy) is 2. The lowest BCUT2D eigenvalue weighted by Crippen LogP contribution is -2.15. The van der Waals surface area contributed by atoms with Crippen LogP contribution in [0.25, 0.3) is 0 Å². The van der Waals surface area contributed by atoms with Crippen LogP contribution in [0.2, 0.25) is 0 Å². The van der Waals surface area contributed by atoms with Gasteiger partial charge in [0.2, 0.25) is 0 Å². The van der Waals surface area contributed by atoms with Gasteiger partial charge in [-0.05, 0) is 18.6 Å². The largest absolute Gasteiger partial charge is 0.486 e. The van der Waals surface area contributed by atoms with Crippen molar-refractivity contribution in [1.29, 1.82) is 0 Å². The van der Waals surface area contributed by atoms with E-state index in [-0.39, 0.29) is 6.10 Å². The van der Waals surface area contributed by atoms with Crippen molar-refractivity contribution in [2.45, 2.75) is 25.9 Å². The Labute approximate surface area is 84.1 Å². The first-order chi connectivity index (χ1) is 6.88. The summed E-state index contributed by atoms with van der Waals surface area (Å²) in [4.78, 5) is 4.27. The molecule has 0 aromatic carbocycles. The number of nitrogens with zero attached hydrogens (tertiary/aromatic N) is 1. The van der Waals surface area contributed by atoms with Crippen LogP contribution in [0.3, 0.4) is 0 Å². The highest BCUT2D eigenvalue weighted by atomic mass is 16.5. The molecular weight excluding hydrogens is 178 g/mol. The van der Waals surface area contributed by atoms with Gasteiger partial charge in [-0.15, -0.1) is 0 Å². The lowest BCUT2D eigenvalue weighted by Gasteiger charge is -2.11. The van der Waals surface area contributed by atoms with Gasteiger partial charge in [0.25, 0.3) is 0 Å². The van der Waals surface area contributed by atoms with E-state index in [1.54, 1.807) is 6.20 Å². The molecule has 3 heteroatoms. The van der Waals surface area contributed by atoms with Crippen molar-refractivity contribution < 1.29 is 9.47 Å². The molecule has 1 fully saturated rings. The lowest BCUT2D eigenvalue weighted by molar-refractivity contribution is 0.141. The summed E-state index contributed by atoms with van der Waals surface area (Å²) in [6, 6.07) is 3.98. The smallest absolute Gasteiger partial charge is 0.138 e. The van der Waals surface area contributed by atoms with Crippen LogP contribution in [0, 0.1) is 0 Å². The summed E-state index contributed by atoms with van der Waals surface area (Å²) < 4.78 is 10.9. The molecule has 14 heavy (non-hydrogen) atoms. The lowest BCUT2D eigenvalue weighted by atomic mass is 10.3. The van der Waals surface area contributed by atoms with Crippen molar-refractivity contribution in [3.8, 4) is 5.75 Å². The summed E-state index contributed by atoms with van der Waals surface area (Å²) in [7, 11) is 0. The van der Waals surface area contributed by atoms with Gasteiger partial charge in [0.05, 0.1) is 19.4 Å². The van der Waals surface area contributed by atoms with Crippen LogP contribution in [0.15, 0.2) is 18.3 Å². The Balaban J connectivity index is 1.95. The molecule has 0 saturated carbocycles. The third-order valence-corrected chi connectivity index (χ3v) is 2.35. The highest BCUT2D eigenvalue weighted by Gasteiger charge is 2.16. The normalized spacial score (nSPS) is 21.1. The first-order valence-electron chi connectivity index (χ1n) is 5.08. The summed E-state index contributed by atoms with van der Waals surface area (Å²) in [5.41, 5.74) is 1.10. The molecule has 0 aliphatic carbocycles. The average Bonchev–Trinajstić information content (AvgIpc) is 2.72. The van der Waals surface area contributed by atoms with Crippen molar-refractivity contribution in [1.82, 2.24) is 4.98 Å². The van der Waals surface area contributed by atoms with Crippen molar-refractivity contribution in [3.63, 3.8) is 0 Å². The third kappa shape index (κ3) is 2.23. The van der Waals surface area contributed by atoms with E-state index in [0.29, 0.717) is 6.61 Å². The van der Waals surface area contributed by atoms with Crippen molar-refractivity contribution in [2.24, 2.45) is 0 Å². The molecule has 1 aliphatic rings. The van der Waals surface area contributed by atoms with Gasteiger partial charge in [-0.25, -0.2) is 0 Å². The summed E-state index contributed by atoms with van der Waals surface area (Å²) in [5, 5.41) is 0. The van der Waals surface area contributed by atoms with Crippen LogP contribution in [0.5, 0.6) is 5.75 Å². The van der Waals surface area contributed by atoms with Crippen LogP contribution < -0.4 is 4.74 Å². The molecular formula is C11H15NO2. The summed E-state index contributed by atoms with van der Waals surface area (Å²) in [6.07, 6.45) is 3.95. The van der Waals surface area contributed by atoms with Gasteiger partial charge in [0, 0.05) is 12.1 Å². The Morgan fingerprint density at radius 2 is 2.50 bits per heavy atom. The number of hydrogen-bond acceptors (Lipinski definition) is 3. The second kappa shape index (κ2) is 4.42. The molecule has 2 rings (SSSR count). The quantitative estimate of drug-likeness (QED) is 0.733. The molecule has 1 aromatic rings. The number of pyridine rings is 1. The van der Waals surface area contributed by atoms with Gasteiger partial charge in [-0.1, -0.05) is 6.92 Å². The molecule has 1 saturated heterocycles. The molecule has 1 aromatic heterocycles. The topological polar surface area (TPSA) is 31.4 Å². The Morgan fingerprint density at radius 1 is 1.57 bits per heavy atom. The molecule has 76 valence electrons. The zero-order valence-corrected chi connectivity index (χ0v) is 8.40. The highest BCUT2D eigenvalue weighted by Crippen LogP contribution is 2.15. The zero-order chi connectivity index (χ0) is 9.80. The predicted molar refractivity (Wildman–Crippen MR) is 53.5 cm³/mol. The van der Waals surface area contributed by atoms with E-state index >= 15 is 0 Å². The maximum Gasteiger partial charge on any atom is 0.138 e. The first-order valence-corrected chi connectivity index (χ1v) is 5.08. The number of rotatable bonds is 3. The van der Waals surface area contributed by atoms with Crippen LogP contribution in [-0.4, -0.2) is 24.3 Å². The fraction of sp³-hybridized carbons (Fsp3) is 0.545. The number of aromatic nitrogens is 1. The molecule has 2 heterocycles. The van der Waals surface area contributed by atoms with Gasteiger partial charge >= 0.3 is 0 Å². The maximum absolute atomic E-state index is 5.69. The van der Waals surface area contributed by atoms with Gasteiger partial charge in [0.15, 0.2) is 0 Å². The van der Waals surface area contributed by atoms with Gasteiger partial charge in [0.1, 0.15) is 11.9 Å². The molecule has 0 spiro atoms. The van der Waals surface area contributed by atoms with E-state index in [9.17, 15) is 0 Å². The van der Waals surface area contributed by atoms with Crippen LogP contribution >= 0.6 is 0 Å². The van der Waals surface area contributed by atoms with Crippen molar-refractivity contribution in [2.75, 3.05) is 13.2 Å². The van der Waals surface area contributed by atoms with Crippen molar-refractivity contribution >= 4 is 0 Å². The molecule has 3 nitrogen and oxygen atoms in total. The SMILES string of the molecule is CCc1ccc(OC2CCOC2)cn1. The monoisotopic (exact) mass is 193 g/mol. The Hall–Kier alpha value is -1.09. The van der Waals surface area contributed by atoms with Gasteiger partial charge in [-0.2, -0.15) is 0 Å². The molecule has 0 radical (unpaired) electrons. The van der Waals surface area contributed by atoms with E-state index < -0.39 is 0 Å². The van der Waals surface area contributed by atoms with E-state index in [2.05, 4.69) is 11.9 Å². The standard InChI is InChI=1S/C11H15NO2/c1-2-9-3-4-10(7-12-9)14-11-5-6-13-8-11/h3-4,7,11H,2,5-6,8H2,1H3. The molecule has 1 atom stereocenters. The second-order valence-corrected chi connectivity index (χ2v) is 3.44. The van der Waals surface area contributed by atoms with E-state index in [1.807, 2.05) is 12.1 Å². The second-order valence-electron chi connectivity index (χ2n) is 3.44. The number of aryl methyl sites for hydroxylation is 1. The first kappa shape index (κ1) is 9.46. The minimum atomic E-state index is 0.212. The summed E-state index contributed by atoms with van der Waals surface area (Å²) in [5.74, 6) is 0.845. The average molecular weight is 193 g/mol. The van der Waals surface area contributed by atoms with Gasteiger partial charge < -0.3 is 9.47 Å². The van der Waals surface area contributed by atoms with E-state index in [0.717, 1.165) is 30.9 Å². The van der Waals surface area contributed by atoms with E-state index in [4.69, 9.17) is 9.47 Å². The molecule has 1 aliphatic heterocycles. The number of hydrogen-bond donors (Lipinski definition) is 0. The van der Waals surface area contributed by atoms with Crippen LogP contribution in [-0.2, 0) is 11.2 Å². The molecule has 0 bridgehead atoms. The van der Waals surface area contributed by atoms with Crippen molar-refractivity contribution in [3.05, 3.63) is 24.0 Å². The minimum absolute atomic E-state index is 0.212. The molecule has 0 N–H and O–H groups in total. The summed E-state index contributed by atoms with van der Waals surface area (Å²) in [6.45, 7) is 3.61. The Bertz CT molecular complexity index is 278. The Kier molecular flexibility index (Phi) is 2.99. The fourth-order valence-electron chi connectivity index (χ4n) is 1.49. The van der Waals surface area contributed by atoms with E-state index in [1.165, 1.54) is 0 Å². The summed E-state index contributed by atoms with van der Waals surface area (Å²) >= 11 is 0. The zero-order valence-electron chi connectivity index (χ0n) is 8.40. The molecule has 0 amide bonds. The van der Waals surface area contributed by atoms with Crippen LogP contribution in [0.1, 0.15) is 19.0 Å². The fourth-order valence-corrected chi connectivity index (χ4v) is 1.49.